The van der Waals surface area contributed by atoms with E-state index >= 15 is 0 Å². The minimum Gasteiger partial charge on any atom is -0.361 e. The fourth-order valence-corrected chi connectivity index (χ4v) is 3.51. The van der Waals surface area contributed by atoms with E-state index in [2.05, 4.69) is 10.1 Å². The maximum Gasteiger partial charge on any atom is 0.276 e. The van der Waals surface area contributed by atoms with Crippen LogP contribution in [-0.2, 0) is 0 Å². The lowest BCUT2D eigenvalue weighted by molar-refractivity contribution is 0.0600. The van der Waals surface area contributed by atoms with Gasteiger partial charge >= 0.3 is 0 Å². The van der Waals surface area contributed by atoms with Gasteiger partial charge in [-0.05, 0) is 33.1 Å². The van der Waals surface area contributed by atoms with E-state index in [9.17, 15) is 4.79 Å². The number of likely N-dealkylation sites (tertiary alicyclic amines) is 1. The highest BCUT2D eigenvalue weighted by atomic mass is 32.1. The van der Waals surface area contributed by atoms with Gasteiger partial charge in [0, 0.05) is 23.7 Å². The molecule has 1 atom stereocenters. The minimum atomic E-state index is -0.0561. The molecule has 3 heterocycles. The van der Waals surface area contributed by atoms with Crippen molar-refractivity contribution in [3.8, 4) is 0 Å². The zero-order valence-electron chi connectivity index (χ0n) is 11.6. The number of hydrogen-bond acceptors (Lipinski definition) is 5. The average molecular weight is 291 g/mol. The summed E-state index contributed by atoms with van der Waals surface area (Å²) in [6.45, 7) is 4.53. The van der Waals surface area contributed by atoms with Gasteiger partial charge in [-0.1, -0.05) is 5.16 Å². The standard InChI is InChI=1S/C14H17N3O2S/c1-9-8-20-13(15-9)12-5-3-4-6-17(12)14(18)11-7-10(2)19-16-11/h7-8,12H,3-6H2,1-2H3. The monoisotopic (exact) mass is 291 g/mol. The summed E-state index contributed by atoms with van der Waals surface area (Å²) in [5.41, 5.74) is 1.41. The Kier molecular flexibility index (Phi) is 3.56. The normalized spacial score (nSPS) is 19.3. The molecule has 5 nitrogen and oxygen atoms in total. The molecule has 0 radical (unpaired) electrons. The van der Waals surface area contributed by atoms with Crippen LogP contribution in [0.15, 0.2) is 16.0 Å². The van der Waals surface area contributed by atoms with Crippen molar-refractivity contribution in [3.05, 3.63) is 33.6 Å². The molecule has 3 rings (SSSR count). The Morgan fingerprint density at radius 2 is 2.30 bits per heavy atom. The van der Waals surface area contributed by atoms with Gasteiger partial charge in [-0.3, -0.25) is 4.79 Å². The number of hydrogen-bond donors (Lipinski definition) is 0. The number of rotatable bonds is 2. The van der Waals surface area contributed by atoms with E-state index < -0.39 is 0 Å². The second kappa shape index (κ2) is 5.36. The van der Waals surface area contributed by atoms with E-state index in [4.69, 9.17) is 4.52 Å². The van der Waals surface area contributed by atoms with Gasteiger partial charge in [-0.25, -0.2) is 4.98 Å². The Morgan fingerprint density at radius 1 is 1.45 bits per heavy atom. The van der Waals surface area contributed by atoms with E-state index in [1.165, 1.54) is 0 Å². The van der Waals surface area contributed by atoms with Crippen molar-refractivity contribution >= 4 is 17.2 Å². The molecular weight excluding hydrogens is 274 g/mol. The molecule has 0 spiro atoms. The van der Waals surface area contributed by atoms with Gasteiger partial charge in [-0.2, -0.15) is 0 Å². The first-order valence-electron chi connectivity index (χ1n) is 6.81. The summed E-state index contributed by atoms with van der Waals surface area (Å²) in [4.78, 5) is 19.0. The molecule has 1 saturated heterocycles. The lowest BCUT2D eigenvalue weighted by Gasteiger charge is -2.33. The van der Waals surface area contributed by atoms with Gasteiger partial charge in [0.15, 0.2) is 5.69 Å². The van der Waals surface area contributed by atoms with Gasteiger partial charge in [0.2, 0.25) is 0 Å². The van der Waals surface area contributed by atoms with Crippen LogP contribution in [0.2, 0.25) is 0 Å². The Hall–Kier alpha value is -1.69. The van der Waals surface area contributed by atoms with Crippen molar-refractivity contribution < 1.29 is 9.32 Å². The second-order valence-electron chi connectivity index (χ2n) is 5.16. The van der Waals surface area contributed by atoms with Crippen LogP contribution < -0.4 is 0 Å². The van der Waals surface area contributed by atoms with Crippen molar-refractivity contribution in [2.75, 3.05) is 6.54 Å². The predicted octanol–water partition coefficient (Wildman–Crippen LogP) is 3.12. The summed E-state index contributed by atoms with van der Waals surface area (Å²) in [6.07, 6.45) is 3.13. The van der Waals surface area contributed by atoms with Crippen molar-refractivity contribution in [2.24, 2.45) is 0 Å². The molecule has 20 heavy (non-hydrogen) atoms. The Balaban J connectivity index is 1.87. The Labute approximate surface area is 121 Å². The molecule has 106 valence electrons. The van der Waals surface area contributed by atoms with Crippen LogP contribution in [0.5, 0.6) is 0 Å². The molecule has 1 aliphatic rings. The Bertz CT molecular complexity index is 619. The van der Waals surface area contributed by atoms with Crippen molar-refractivity contribution in [1.29, 1.82) is 0 Å². The third kappa shape index (κ3) is 2.47. The summed E-state index contributed by atoms with van der Waals surface area (Å²) in [6, 6.07) is 1.77. The van der Waals surface area contributed by atoms with E-state index in [1.54, 1.807) is 24.3 Å². The molecule has 1 amide bonds. The lowest BCUT2D eigenvalue weighted by Crippen LogP contribution is -2.38. The van der Waals surface area contributed by atoms with Crippen LogP contribution in [0.25, 0.3) is 0 Å². The van der Waals surface area contributed by atoms with Crippen molar-refractivity contribution in [3.63, 3.8) is 0 Å². The molecule has 2 aromatic heterocycles. The summed E-state index contributed by atoms with van der Waals surface area (Å²) in [5, 5.41) is 6.90. The number of carbonyl (C=O) groups is 1. The predicted molar refractivity (Wildman–Crippen MR) is 75.7 cm³/mol. The molecule has 0 bridgehead atoms. The maximum absolute atomic E-state index is 12.6. The number of nitrogens with zero attached hydrogens (tertiary/aromatic N) is 3. The fraction of sp³-hybridized carbons (Fsp3) is 0.500. The molecule has 1 fully saturated rings. The van der Waals surface area contributed by atoms with Crippen LogP contribution >= 0.6 is 11.3 Å². The first kappa shape index (κ1) is 13.3. The van der Waals surface area contributed by atoms with Crippen LogP contribution in [0, 0.1) is 13.8 Å². The molecule has 0 N–H and O–H groups in total. The molecule has 2 aromatic rings. The largest absolute Gasteiger partial charge is 0.361 e. The van der Waals surface area contributed by atoms with E-state index in [1.807, 2.05) is 17.2 Å². The Morgan fingerprint density at radius 3 is 2.95 bits per heavy atom. The van der Waals surface area contributed by atoms with E-state index in [-0.39, 0.29) is 11.9 Å². The molecule has 0 aromatic carbocycles. The molecule has 0 aliphatic carbocycles. The van der Waals surface area contributed by atoms with Crippen LogP contribution in [0.4, 0.5) is 0 Å². The fourth-order valence-electron chi connectivity index (χ4n) is 2.57. The number of aromatic nitrogens is 2. The number of carbonyl (C=O) groups excluding carboxylic acids is 1. The van der Waals surface area contributed by atoms with Crippen molar-refractivity contribution in [1.82, 2.24) is 15.0 Å². The van der Waals surface area contributed by atoms with Gasteiger partial charge in [-0.15, -0.1) is 11.3 Å². The summed E-state index contributed by atoms with van der Waals surface area (Å²) in [7, 11) is 0. The van der Waals surface area contributed by atoms with Crippen molar-refractivity contribution in [2.45, 2.75) is 39.2 Å². The highest BCUT2D eigenvalue weighted by Crippen LogP contribution is 2.33. The summed E-state index contributed by atoms with van der Waals surface area (Å²) < 4.78 is 5.01. The molecule has 0 saturated carbocycles. The van der Waals surface area contributed by atoms with Gasteiger partial charge in [0.25, 0.3) is 5.91 Å². The van der Waals surface area contributed by atoms with E-state index in [0.29, 0.717) is 11.5 Å². The van der Waals surface area contributed by atoms with Gasteiger partial charge < -0.3 is 9.42 Å². The third-order valence-electron chi connectivity index (χ3n) is 3.53. The van der Waals surface area contributed by atoms with Crippen LogP contribution in [0.3, 0.4) is 0 Å². The van der Waals surface area contributed by atoms with Gasteiger partial charge in [0.05, 0.1) is 6.04 Å². The van der Waals surface area contributed by atoms with E-state index in [0.717, 1.165) is 36.5 Å². The minimum absolute atomic E-state index is 0.0561. The smallest absolute Gasteiger partial charge is 0.276 e. The molecule has 6 heteroatoms. The number of thiazole rings is 1. The topological polar surface area (TPSA) is 59.2 Å². The second-order valence-corrected chi connectivity index (χ2v) is 6.05. The molecule has 1 aliphatic heterocycles. The SMILES string of the molecule is Cc1csc(C2CCCCN2C(=O)c2cc(C)on2)n1. The lowest BCUT2D eigenvalue weighted by atomic mass is 10.0. The highest BCUT2D eigenvalue weighted by molar-refractivity contribution is 7.09. The molecule has 1 unspecified atom stereocenters. The first-order chi connectivity index (χ1) is 9.65. The van der Waals surface area contributed by atoms with Gasteiger partial charge in [0.1, 0.15) is 10.8 Å². The first-order valence-corrected chi connectivity index (χ1v) is 7.69. The zero-order chi connectivity index (χ0) is 14.1. The maximum atomic E-state index is 12.6. The number of amides is 1. The highest BCUT2D eigenvalue weighted by Gasteiger charge is 2.31. The summed E-state index contributed by atoms with van der Waals surface area (Å²) >= 11 is 1.63. The zero-order valence-corrected chi connectivity index (χ0v) is 12.4. The quantitative estimate of drug-likeness (QED) is 0.853. The average Bonchev–Trinajstić information content (AvgIpc) is 3.07. The number of aryl methyl sites for hydroxylation is 2. The molecular formula is C14H17N3O2S. The third-order valence-corrected chi connectivity index (χ3v) is 4.60. The van der Waals surface area contributed by atoms with Crippen LogP contribution in [0.1, 0.15) is 52.3 Å². The van der Waals surface area contributed by atoms with Crippen LogP contribution in [-0.4, -0.2) is 27.5 Å². The number of piperidine rings is 1. The summed E-state index contributed by atoms with van der Waals surface area (Å²) in [5.74, 6) is 0.603.